The van der Waals surface area contributed by atoms with Crippen molar-refractivity contribution in [2.24, 2.45) is 10.9 Å². The molecule has 1 N–H and O–H groups in total. The summed E-state index contributed by atoms with van der Waals surface area (Å²) in [4.78, 5) is 46.4. The predicted molar refractivity (Wildman–Crippen MR) is 183 cm³/mol. The molecule has 2 aromatic rings. The first-order valence-corrected chi connectivity index (χ1v) is 18.3. The monoisotopic (exact) mass is 766 g/mol. The van der Waals surface area contributed by atoms with Crippen LogP contribution in [0.1, 0.15) is 74.8 Å². The topological polar surface area (TPSA) is 123 Å². The summed E-state index contributed by atoms with van der Waals surface area (Å²) in [5.41, 5.74) is -2.79. The number of hydrogen-bond donors (Lipinski definition) is 1. The van der Waals surface area contributed by atoms with Crippen molar-refractivity contribution in [1.29, 1.82) is 5.26 Å². The number of aryl methyl sites for hydroxylation is 1. The minimum atomic E-state index is -4.85. The minimum Gasteiger partial charge on any atom is -0.481 e. The molecule has 1 aromatic heterocycles. The van der Waals surface area contributed by atoms with Crippen LogP contribution in [0.25, 0.3) is 0 Å². The molecular weight excluding hydrogens is 726 g/mol. The number of carbonyl (C=O) groups is 3. The van der Waals surface area contributed by atoms with Crippen LogP contribution in [-0.2, 0) is 32.4 Å². The molecule has 2 amide bonds. The van der Waals surface area contributed by atoms with Gasteiger partial charge in [0, 0.05) is 55.7 Å². The molecule has 3 aliphatic heterocycles. The fraction of sp³-hybridized carbons (Fsp3) is 0.541. The maximum Gasteiger partial charge on any atom is 0.425 e. The zero-order valence-electron chi connectivity index (χ0n) is 29.2. The molecule has 0 radical (unpaired) electrons. The van der Waals surface area contributed by atoms with E-state index in [0.29, 0.717) is 28.9 Å². The van der Waals surface area contributed by atoms with Gasteiger partial charge in [0.1, 0.15) is 10.6 Å². The van der Waals surface area contributed by atoms with Crippen molar-refractivity contribution in [3.63, 3.8) is 0 Å². The lowest BCUT2D eigenvalue weighted by atomic mass is 9.71. The number of likely N-dealkylation sites (tertiary alicyclic amines) is 2. The molecule has 4 unspecified atom stereocenters. The molecule has 286 valence electrons. The van der Waals surface area contributed by atoms with Crippen LogP contribution in [0.5, 0.6) is 5.75 Å². The molecule has 4 heterocycles. The van der Waals surface area contributed by atoms with Crippen LogP contribution in [0.3, 0.4) is 0 Å². The van der Waals surface area contributed by atoms with Crippen LogP contribution >= 0.6 is 11.3 Å². The number of carboxylic acid groups (broad SMARTS) is 1. The third-order valence-electron chi connectivity index (χ3n) is 10.5. The molecule has 1 aromatic carbocycles. The average Bonchev–Trinajstić information content (AvgIpc) is 3.60. The summed E-state index contributed by atoms with van der Waals surface area (Å²) in [5, 5.41) is 20.9. The summed E-state index contributed by atoms with van der Waals surface area (Å²) < 4.78 is 90.2. The van der Waals surface area contributed by atoms with Crippen molar-refractivity contribution in [2.45, 2.75) is 101 Å². The second-order valence-corrected chi connectivity index (χ2v) is 14.7. The Morgan fingerprint density at radius 3 is 2.38 bits per heavy atom. The first kappa shape index (κ1) is 39.8. The van der Waals surface area contributed by atoms with E-state index >= 15 is 0 Å². The highest BCUT2D eigenvalue weighted by atomic mass is 32.1. The smallest absolute Gasteiger partial charge is 0.425 e. The van der Waals surface area contributed by atoms with Crippen molar-refractivity contribution < 1.29 is 50.6 Å². The van der Waals surface area contributed by atoms with Crippen molar-refractivity contribution in [1.82, 2.24) is 9.80 Å². The second-order valence-electron chi connectivity index (χ2n) is 13.7. The number of aliphatic imine (C=N–C) groups is 1. The van der Waals surface area contributed by atoms with Crippen LogP contribution < -0.4 is 4.74 Å². The number of alkyl halides is 6. The highest BCUT2D eigenvalue weighted by molar-refractivity contribution is 7.10. The van der Waals surface area contributed by atoms with Gasteiger partial charge in [-0.05, 0) is 56.2 Å². The Balaban J connectivity index is 1.53. The first-order chi connectivity index (χ1) is 25.0. The molecule has 2 saturated heterocycles. The second kappa shape index (κ2) is 15.5. The predicted octanol–water partition coefficient (Wildman–Crippen LogP) is 7.35. The number of halogens is 6. The van der Waals surface area contributed by atoms with E-state index in [0.717, 1.165) is 23.7 Å². The Bertz CT molecular complexity index is 1790. The Hall–Kier alpha value is -4.39. The van der Waals surface area contributed by atoms with Gasteiger partial charge in [-0.1, -0.05) is 37.6 Å². The number of piperidine rings is 2. The van der Waals surface area contributed by atoms with Gasteiger partial charge in [0.25, 0.3) is 5.91 Å². The van der Waals surface area contributed by atoms with Gasteiger partial charge in [0.05, 0.1) is 29.5 Å². The lowest BCUT2D eigenvalue weighted by molar-refractivity contribution is -0.169. The molecule has 53 heavy (non-hydrogen) atoms. The Labute approximate surface area is 306 Å². The van der Waals surface area contributed by atoms with E-state index < -0.39 is 69.6 Å². The highest BCUT2D eigenvalue weighted by Gasteiger charge is 2.58. The third-order valence-corrected chi connectivity index (χ3v) is 11.4. The van der Waals surface area contributed by atoms with Gasteiger partial charge in [-0.25, -0.2) is 0 Å². The number of aliphatic carboxylic acids is 1. The van der Waals surface area contributed by atoms with Gasteiger partial charge in [-0.2, -0.15) is 31.6 Å². The zero-order chi connectivity index (χ0) is 38.8. The normalized spacial score (nSPS) is 24.7. The van der Waals surface area contributed by atoms with E-state index in [1.165, 1.54) is 16.7 Å². The van der Waals surface area contributed by atoms with Gasteiger partial charge < -0.3 is 19.6 Å². The van der Waals surface area contributed by atoms with Gasteiger partial charge in [-0.3, -0.25) is 19.4 Å². The SMILES string of the molecule is CCCC1N(C(=O)C2C(C(F)(F)F)=CC=NC2C)CCCC1(Oc1csc(C(F)(F)F)c1)C(=O)N1CCC(C#N)(c2ccccc2CCC(=O)O)CC1. The Morgan fingerprint density at radius 2 is 1.77 bits per heavy atom. The molecule has 3 aliphatic rings. The fourth-order valence-corrected chi connectivity index (χ4v) is 8.58. The molecule has 9 nitrogen and oxygen atoms in total. The van der Waals surface area contributed by atoms with E-state index in [2.05, 4.69) is 11.1 Å². The van der Waals surface area contributed by atoms with Gasteiger partial charge in [0.15, 0.2) is 0 Å². The number of hydrogen-bond acceptors (Lipinski definition) is 7. The number of rotatable bonds is 10. The Morgan fingerprint density at radius 1 is 1.08 bits per heavy atom. The van der Waals surface area contributed by atoms with Crippen molar-refractivity contribution in [2.75, 3.05) is 19.6 Å². The van der Waals surface area contributed by atoms with Gasteiger partial charge >= 0.3 is 18.3 Å². The average molecular weight is 767 g/mol. The molecule has 0 aliphatic carbocycles. The number of amides is 2. The molecule has 5 rings (SSSR count). The van der Waals surface area contributed by atoms with Crippen molar-refractivity contribution in [3.8, 4) is 11.8 Å². The number of thiophene rings is 1. The summed E-state index contributed by atoms with van der Waals surface area (Å²) in [6, 6.07) is 7.95. The van der Waals surface area contributed by atoms with Crippen molar-refractivity contribution >= 4 is 35.3 Å². The molecule has 0 bridgehead atoms. The molecule has 2 fully saturated rings. The maximum absolute atomic E-state index is 15.0. The number of ether oxygens (including phenoxy) is 1. The number of allylic oxidation sites excluding steroid dienone is 1. The lowest BCUT2D eigenvalue weighted by Crippen LogP contribution is -2.69. The van der Waals surface area contributed by atoms with E-state index in [9.17, 15) is 51.1 Å². The molecule has 0 spiro atoms. The first-order valence-electron chi connectivity index (χ1n) is 17.4. The van der Waals surface area contributed by atoms with Crippen LogP contribution in [0.15, 0.2) is 52.4 Å². The number of dihydropyridines is 1. The third kappa shape index (κ3) is 8.10. The highest BCUT2D eigenvalue weighted by Crippen LogP contribution is 2.45. The number of nitriles is 1. The summed E-state index contributed by atoms with van der Waals surface area (Å²) in [7, 11) is 0. The molecular formula is C37H40F6N4O5S. The van der Waals surface area contributed by atoms with E-state index in [4.69, 9.17) is 4.74 Å². The van der Waals surface area contributed by atoms with Crippen molar-refractivity contribution in [3.05, 3.63) is 63.4 Å². The number of benzene rings is 1. The summed E-state index contributed by atoms with van der Waals surface area (Å²) in [6.07, 6.45) is -6.94. The van der Waals surface area contributed by atoms with Gasteiger partial charge in [-0.15, -0.1) is 11.3 Å². The standard InChI is InChI=1S/C37H40F6N4O5S/c1-3-7-28-35(52-25-20-29(53-21-25)37(41,42)43,13-6-17-47(28)32(50)31-23(2)45-16-12-27(31)36(38,39)40)33(51)46-18-14-34(22-44,15-19-46)26-9-5-4-8-24(26)10-11-30(48)49/h4-5,8-9,12,16,20-21,23,28,31H,3,6-7,10-11,13-15,17-19H2,1-2H3,(H,48,49). The molecule has 0 saturated carbocycles. The van der Waals surface area contributed by atoms with E-state index in [1.807, 2.05) is 0 Å². The number of carbonyl (C=O) groups excluding carboxylic acids is 2. The quantitative estimate of drug-likeness (QED) is 0.253. The van der Waals surface area contributed by atoms with Crippen LogP contribution in [-0.4, -0.2) is 82.4 Å². The number of carboxylic acids is 1. The largest absolute Gasteiger partial charge is 0.481 e. The lowest BCUT2D eigenvalue weighted by Gasteiger charge is -2.51. The van der Waals surface area contributed by atoms with Crippen LogP contribution in [0.4, 0.5) is 26.3 Å². The zero-order valence-corrected chi connectivity index (χ0v) is 30.0. The molecule has 4 atom stereocenters. The Kier molecular flexibility index (Phi) is 11.7. The van der Waals surface area contributed by atoms with Crippen LogP contribution in [0, 0.1) is 17.2 Å². The van der Waals surface area contributed by atoms with E-state index in [1.54, 1.807) is 31.2 Å². The fourth-order valence-electron chi connectivity index (χ4n) is 7.90. The maximum atomic E-state index is 15.0. The van der Waals surface area contributed by atoms with Crippen LogP contribution in [0.2, 0.25) is 0 Å². The molecule has 16 heteroatoms. The summed E-state index contributed by atoms with van der Waals surface area (Å²) in [5.74, 6) is -4.51. The summed E-state index contributed by atoms with van der Waals surface area (Å²) in [6.45, 7) is 3.18. The number of nitrogens with zero attached hydrogens (tertiary/aromatic N) is 4. The van der Waals surface area contributed by atoms with E-state index in [-0.39, 0.29) is 70.3 Å². The van der Waals surface area contributed by atoms with Gasteiger partial charge in [0.2, 0.25) is 11.5 Å². The minimum absolute atomic E-state index is 0.0118. The summed E-state index contributed by atoms with van der Waals surface area (Å²) >= 11 is 0.370.